The summed E-state index contributed by atoms with van der Waals surface area (Å²) in [5.41, 5.74) is 2.18. The second kappa shape index (κ2) is 9.04. The van der Waals surface area contributed by atoms with Crippen molar-refractivity contribution in [1.82, 2.24) is 14.4 Å². The maximum atomic E-state index is 12.5. The van der Waals surface area contributed by atoms with Crippen molar-refractivity contribution in [2.75, 3.05) is 39.8 Å². The van der Waals surface area contributed by atoms with Gasteiger partial charge in [-0.3, -0.25) is 14.4 Å². The number of aromatic nitrogens is 1. The Morgan fingerprint density at radius 1 is 1.07 bits per heavy atom. The number of rotatable bonds is 6. The zero-order chi connectivity index (χ0) is 21.1. The van der Waals surface area contributed by atoms with Crippen LogP contribution in [-0.4, -0.2) is 60.2 Å². The SMILES string of the molecule is COC(=O)[C@H](c1ccccc1Cl)N1CCN(CCn2c(=O)oc3ccccc32)CC1. The van der Waals surface area contributed by atoms with Gasteiger partial charge in [-0.2, -0.15) is 0 Å². The minimum Gasteiger partial charge on any atom is -0.468 e. The minimum atomic E-state index is -0.522. The van der Waals surface area contributed by atoms with Gasteiger partial charge in [-0.05, 0) is 23.8 Å². The Balaban J connectivity index is 1.41. The molecule has 30 heavy (non-hydrogen) atoms. The number of halogens is 1. The summed E-state index contributed by atoms with van der Waals surface area (Å²) in [6.07, 6.45) is 0. The zero-order valence-electron chi connectivity index (χ0n) is 16.8. The third-order valence-corrected chi connectivity index (χ3v) is 5.95. The number of fused-ring (bicyclic) bond motifs is 1. The number of nitrogens with zero attached hydrogens (tertiary/aromatic N) is 3. The molecule has 1 aliphatic heterocycles. The van der Waals surface area contributed by atoms with Crippen LogP contribution < -0.4 is 5.76 Å². The van der Waals surface area contributed by atoms with E-state index >= 15 is 0 Å². The Labute approximate surface area is 179 Å². The molecule has 0 amide bonds. The van der Waals surface area contributed by atoms with E-state index in [2.05, 4.69) is 9.80 Å². The van der Waals surface area contributed by atoms with Crippen LogP contribution >= 0.6 is 11.6 Å². The van der Waals surface area contributed by atoms with Crippen LogP contribution in [0.15, 0.2) is 57.7 Å². The number of esters is 1. The van der Waals surface area contributed by atoms with Gasteiger partial charge in [-0.1, -0.05) is 41.9 Å². The summed E-state index contributed by atoms with van der Waals surface area (Å²) < 4.78 is 12.0. The molecular weight excluding hydrogens is 406 g/mol. The van der Waals surface area contributed by atoms with Crippen LogP contribution in [0.1, 0.15) is 11.6 Å². The van der Waals surface area contributed by atoms with Gasteiger partial charge in [0, 0.05) is 44.3 Å². The van der Waals surface area contributed by atoms with Crippen LogP contribution in [0.5, 0.6) is 0 Å². The number of benzene rings is 2. The second-order valence-electron chi connectivity index (χ2n) is 7.31. The highest BCUT2D eigenvalue weighted by atomic mass is 35.5. The fourth-order valence-electron chi connectivity index (χ4n) is 3.99. The largest absolute Gasteiger partial charge is 0.468 e. The molecule has 1 fully saturated rings. The first kappa shape index (κ1) is 20.7. The van der Waals surface area contributed by atoms with E-state index < -0.39 is 6.04 Å². The Kier molecular flexibility index (Phi) is 6.22. The van der Waals surface area contributed by atoms with Crippen molar-refractivity contribution < 1.29 is 13.9 Å². The molecule has 158 valence electrons. The predicted molar refractivity (Wildman–Crippen MR) is 115 cm³/mol. The first-order valence-corrected chi connectivity index (χ1v) is 10.3. The van der Waals surface area contributed by atoms with Gasteiger partial charge in [-0.15, -0.1) is 0 Å². The normalized spacial score (nSPS) is 16.6. The Hall–Kier alpha value is -2.61. The van der Waals surface area contributed by atoms with Crippen molar-refractivity contribution in [2.45, 2.75) is 12.6 Å². The van der Waals surface area contributed by atoms with E-state index in [1.807, 2.05) is 36.4 Å². The fraction of sp³-hybridized carbons (Fsp3) is 0.364. The minimum absolute atomic E-state index is 0.312. The highest BCUT2D eigenvalue weighted by Crippen LogP contribution is 2.29. The Morgan fingerprint density at radius 3 is 2.50 bits per heavy atom. The van der Waals surface area contributed by atoms with Gasteiger partial charge in [0.25, 0.3) is 0 Å². The first-order valence-electron chi connectivity index (χ1n) is 9.95. The number of hydrogen-bond donors (Lipinski definition) is 0. The molecule has 0 bridgehead atoms. The van der Waals surface area contributed by atoms with E-state index in [4.69, 9.17) is 20.8 Å². The van der Waals surface area contributed by atoms with E-state index in [1.165, 1.54) is 7.11 Å². The summed E-state index contributed by atoms with van der Waals surface area (Å²) in [4.78, 5) is 29.0. The quantitative estimate of drug-likeness (QED) is 0.561. The lowest BCUT2D eigenvalue weighted by molar-refractivity contribution is -0.148. The molecule has 2 aromatic carbocycles. The molecule has 3 aromatic rings. The van der Waals surface area contributed by atoms with Crippen molar-refractivity contribution in [2.24, 2.45) is 0 Å². The molecule has 4 rings (SSSR count). The van der Waals surface area contributed by atoms with Crippen molar-refractivity contribution in [3.63, 3.8) is 0 Å². The molecule has 0 spiro atoms. The molecule has 1 atom stereocenters. The number of para-hydroxylation sites is 2. The van der Waals surface area contributed by atoms with Crippen LogP contribution in [0.3, 0.4) is 0 Å². The van der Waals surface area contributed by atoms with Gasteiger partial charge in [0.2, 0.25) is 0 Å². The van der Waals surface area contributed by atoms with Crippen molar-refractivity contribution in [1.29, 1.82) is 0 Å². The maximum Gasteiger partial charge on any atom is 0.419 e. The predicted octanol–water partition coefficient (Wildman–Crippen LogP) is 2.78. The molecular formula is C22H24ClN3O4. The number of ether oxygens (including phenoxy) is 1. The number of piperazine rings is 1. The highest BCUT2D eigenvalue weighted by molar-refractivity contribution is 6.31. The molecule has 7 nitrogen and oxygen atoms in total. The van der Waals surface area contributed by atoms with E-state index in [0.29, 0.717) is 30.2 Å². The van der Waals surface area contributed by atoms with Gasteiger partial charge in [-0.25, -0.2) is 9.59 Å². The van der Waals surface area contributed by atoms with Crippen molar-refractivity contribution >= 4 is 28.7 Å². The van der Waals surface area contributed by atoms with Gasteiger partial charge in [0.05, 0.1) is 12.6 Å². The standard InChI is InChI=1S/C22H24ClN3O4/c1-29-21(27)20(16-6-2-3-7-17(16)23)25-13-10-24(11-14-25)12-15-26-18-8-4-5-9-19(18)30-22(26)28/h2-9,20H,10-15H2,1H3/t20-/m0/s1. The summed E-state index contributed by atoms with van der Waals surface area (Å²) in [5, 5.41) is 0.557. The van der Waals surface area contributed by atoms with Gasteiger partial charge >= 0.3 is 11.7 Å². The average Bonchev–Trinajstić information content (AvgIpc) is 3.09. The van der Waals surface area contributed by atoms with Crippen LogP contribution in [0.25, 0.3) is 11.1 Å². The van der Waals surface area contributed by atoms with E-state index in [9.17, 15) is 9.59 Å². The molecule has 1 aliphatic rings. The summed E-state index contributed by atoms with van der Waals surface area (Å²) in [6.45, 7) is 4.25. The number of carbonyl (C=O) groups excluding carboxylic acids is 1. The van der Waals surface area contributed by atoms with E-state index in [0.717, 1.165) is 30.7 Å². The molecule has 0 unspecified atom stereocenters. The number of oxazole rings is 1. The second-order valence-corrected chi connectivity index (χ2v) is 7.72. The van der Waals surface area contributed by atoms with Crippen molar-refractivity contribution in [3.05, 3.63) is 69.7 Å². The smallest absolute Gasteiger partial charge is 0.419 e. The molecule has 0 N–H and O–H groups in total. The molecule has 1 aromatic heterocycles. The first-order chi connectivity index (χ1) is 14.6. The number of hydrogen-bond acceptors (Lipinski definition) is 6. The lowest BCUT2D eigenvalue weighted by atomic mass is 10.0. The lowest BCUT2D eigenvalue weighted by Crippen LogP contribution is -2.50. The van der Waals surface area contributed by atoms with E-state index in [1.54, 1.807) is 16.7 Å². The Morgan fingerprint density at radius 2 is 1.77 bits per heavy atom. The summed E-state index contributed by atoms with van der Waals surface area (Å²) >= 11 is 6.35. The van der Waals surface area contributed by atoms with Crippen LogP contribution in [-0.2, 0) is 16.1 Å². The van der Waals surface area contributed by atoms with Gasteiger partial charge in [0.1, 0.15) is 6.04 Å². The van der Waals surface area contributed by atoms with Crippen molar-refractivity contribution in [3.8, 4) is 0 Å². The molecule has 0 radical (unpaired) electrons. The zero-order valence-corrected chi connectivity index (χ0v) is 17.5. The van der Waals surface area contributed by atoms with Gasteiger partial charge in [0.15, 0.2) is 5.58 Å². The molecule has 8 heteroatoms. The van der Waals surface area contributed by atoms with E-state index in [-0.39, 0.29) is 11.7 Å². The summed E-state index contributed by atoms with van der Waals surface area (Å²) in [5.74, 6) is -0.646. The third-order valence-electron chi connectivity index (χ3n) is 5.61. The fourth-order valence-corrected chi connectivity index (χ4v) is 4.23. The molecule has 2 heterocycles. The van der Waals surface area contributed by atoms with Crippen LogP contribution in [0.2, 0.25) is 5.02 Å². The topological polar surface area (TPSA) is 67.9 Å². The summed E-state index contributed by atoms with van der Waals surface area (Å²) in [6, 6.07) is 14.3. The van der Waals surface area contributed by atoms with Crippen LogP contribution in [0.4, 0.5) is 0 Å². The maximum absolute atomic E-state index is 12.5. The number of methoxy groups -OCH3 is 1. The molecule has 0 saturated carbocycles. The molecule has 0 aliphatic carbocycles. The van der Waals surface area contributed by atoms with Gasteiger partial charge < -0.3 is 9.15 Å². The lowest BCUT2D eigenvalue weighted by Gasteiger charge is -2.38. The molecule has 1 saturated heterocycles. The summed E-state index contributed by atoms with van der Waals surface area (Å²) in [7, 11) is 1.40. The van der Waals surface area contributed by atoms with Crippen LogP contribution in [0, 0.1) is 0 Å². The monoisotopic (exact) mass is 429 g/mol. The Bertz CT molecular complexity index is 1090. The number of carbonyl (C=O) groups is 1. The average molecular weight is 430 g/mol. The third kappa shape index (κ3) is 4.14. The highest BCUT2D eigenvalue weighted by Gasteiger charge is 2.32.